The van der Waals surface area contributed by atoms with E-state index in [9.17, 15) is 9.59 Å². The molecule has 0 fully saturated rings. The first-order valence-electron chi connectivity index (χ1n) is 8.66. The average molecular weight is 387 g/mol. The van der Waals surface area contributed by atoms with E-state index in [0.717, 1.165) is 11.5 Å². The van der Waals surface area contributed by atoms with Crippen molar-refractivity contribution in [2.45, 2.75) is 11.9 Å². The number of hydrogen-bond acceptors (Lipinski definition) is 6. The SMILES string of the molecule is O=C(COC(=O)[C@H]1COc2ccccc2O1)NCCSCc1ccccc1. The molecule has 2 aromatic carbocycles. The van der Waals surface area contributed by atoms with Crippen LogP contribution in [0.3, 0.4) is 0 Å². The van der Waals surface area contributed by atoms with E-state index in [2.05, 4.69) is 17.4 Å². The first-order chi connectivity index (χ1) is 13.2. The molecule has 0 aliphatic carbocycles. The Morgan fingerprint density at radius 1 is 1.07 bits per heavy atom. The minimum Gasteiger partial charge on any atom is -0.485 e. The van der Waals surface area contributed by atoms with Gasteiger partial charge >= 0.3 is 5.97 Å². The average Bonchev–Trinajstić information content (AvgIpc) is 2.72. The van der Waals surface area contributed by atoms with Gasteiger partial charge in [0.1, 0.15) is 6.61 Å². The number of thioether (sulfide) groups is 1. The Labute approximate surface area is 162 Å². The third-order valence-corrected chi connectivity index (χ3v) is 4.83. The first kappa shape index (κ1) is 19.1. The number of nitrogens with one attached hydrogen (secondary N) is 1. The summed E-state index contributed by atoms with van der Waals surface area (Å²) in [7, 11) is 0. The zero-order valence-electron chi connectivity index (χ0n) is 14.8. The number of rotatable bonds is 8. The predicted octanol–water partition coefficient (Wildman–Crippen LogP) is 2.42. The summed E-state index contributed by atoms with van der Waals surface area (Å²) in [5.74, 6) is 1.81. The molecule has 0 radical (unpaired) electrons. The van der Waals surface area contributed by atoms with Gasteiger partial charge < -0.3 is 19.5 Å². The van der Waals surface area contributed by atoms with Gasteiger partial charge in [0.2, 0.25) is 6.10 Å². The lowest BCUT2D eigenvalue weighted by molar-refractivity contribution is -0.157. The maximum atomic E-state index is 12.0. The molecule has 0 aromatic heterocycles. The van der Waals surface area contributed by atoms with Crippen LogP contribution in [0.2, 0.25) is 0 Å². The van der Waals surface area contributed by atoms with E-state index in [1.807, 2.05) is 24.3 Å². The number of carbonyl (C=O) groups is 2. The maximum Gasteiger partial charge on any atom is 0.351 e. The topological polar surface area (TPSA) is 73.9 Å². The van der Waals surface area contributed by atoms with Crippen LogP contribution in [0.1, 0.15) is 5.56 Å². The van der Waals surface area contributed by atoms with E-state index in [0.29, 0.717) is 18.0 Å². The largest absolute Gasteiger partial charge is 0.485 e. The van der Waals surface area contributed by atoms with Gasteiger partial charge in [0.25, 0.3) is 5.91 Å². The summed E-state index contributed by atoms with van der Waals surface area (Å²) in [6.07, 6.45) is -0.867. The van der Waals surface area contributed by atoms with Crippen LogP contribution in [0.15, 0.2) is 54.6 Å². The van der Waals surface area contributed by atoms with Crippen molar-refractivity contribution in [3.05, 3.63) is 60.2 Å². The van der Waals surface area contributed by atoms with Crippen LogP contribution >= 0.6 is 11.8 Å². The normalized spacial score (nSPS) is 15.0. The van der Waals surface area contributed by atoms with Crippen molar-refractivity contribution in [1.82, 2.24) is 5.32 Å². The van der Waals surface area contributed by atoms with Crippen LogP contribution in [0.5, 0.6) is 11.5 Å². The Balaban J connectivity index is 1.29. The fourth-order valence-electron chi connectivity index (χ4n) is 2.44. The van der Waals surface area contributed by atoms with E-state index >= 15 is 0 Å². The third kappa shape index (κ3) is 5.92. The molecular formula is C20H21NO5S. The smallest absolute Gasteiger partial charge is 0.351 e. The van der Waals surface area contributed by atoms with Crippen molar-refractivity contribution in [2.24, 2.45) is 0 Å². The van der Waals surface area contributed by atoms with Crippen molar-refractivity contribution in [3.8, 4) is 11.5 Å². The minimum atomic E-state index is -0.867. The predicted molar refractivity (Wildman–Crippen MR) is 103 cm³/mol. The summed E-state index contributed by atoms with van der Waals surface area (Å²) < 4.78 is 16.0. The Kier molecular flexibility index (Phi) is 6.98. The molecule has 1 amide bonds. The standard InChI is InChI=1S/C20H21NO5S/c22-19(21-10-11-27-14-15-6-2-1-3-7-15)13-25-20(23)18-12-24-16-8-4-5-9-17(16)26-18/h1-9,18H,10-14H2,(H,21,22)/t18-/m1/s1. The summed E-state index contributed by atoms with van der Waals surface area (Å²) in [5, 5.41) is 2.73. The number of hydrogen-bond donors (Lipinski definition) is 1. The number of esters is 1. The summed E-state index contributed by atoms with van der Waals surface area (Å²) in [6, 6.07) is 17.2. The van der Waals surface area contributed by atoms with Crippen LogP contribution in [-0.2, 0) is 20.1 Å². The highest BCUT2D eigenvalue weighted by Crippen LogP contribution is 2.31. The van der Waals surface area contributed by atoms with E-state index in [-0.39, 0.29) is 19.1 Å². The number of benzene rings is 2. The quantitative estimate of drug-likeness (QED) is 0.554. The van der Waals surface area contributed by atoms with Crippen LogP contribution < -0.4 is 14.8 Å². The molecule has 1 aliphatic rings. The van der Waals surface area contributed by atoms with Crippen LogP contribution in [0.4, 0.5) is 0 Å². The molecule has 1 N–H and O–H groups in total. The molecule has 0 saturated heterocycles. The molecule has 3 rings (SSSR count). The van der Waals surface area contributed by atoms with E-state index in [1.54, 1.807) is 30.0 Å². The van der Waals surface area contributed by atoms with Crippen LogP contribution in [-0.4, -0.2) is 43.5 Å². The minimum absolute atomic E-state index is 0.0631. The number of carbonyl (C=O) groups excluding carboxylic acids is 2. The van der Waals surface area contributed by atoms with Gasteiger partial charge in [-0.05, 0) is 17.7 Å². The van der Waals surface area contributed by atoms with Crippen molar-refractivity contribution in [1.29, 1.82) is 0 Å². The lowest BCUT2D eigenvalue weighted by atomic mass is 10.2. The number of amides is 1. The lowest BCUT2D eigenvalue weighted by Crippen LogP contribution is -2.40. The number of ether oxygens (including phenoxy) is 3. The molecule has 0 spiro atoms. The van der Waals surface area contributed by atoms with Crippen molar-refractivity contribution >= 4 is 23.6 Å². The van der Waals surface area contributed by atoms with Crippen LogP contribution in [0.25, 0.3) is 0 Å². The molecule has 6 nitrogen and oxygen atoms in total. The molecule has 2 aromatic rings. The van der Waals surface area contributed by atoms with Gasteiger partial charge in [0, 0.05) is 18.1 Å². The number of para-hydroxylation sites is 2. The second-order valence-corrected chi connectivity index (χ2v) is 6.97. The van der Waals surface area contributed by atoms with E-state index in [1.165, 1.54) is 5.56 Å². The summed E-state index contributed by atoms with van der Waals surface area (Å²) in [5.41, 5.74) is 1.25. The van der Waals surface area contributed by atoms with Gasteiger partial charge in [-0.25, -0.2) is 4.79 Å². The zero-order chi connectivity index (χ0) is 18.9. The molecule has 0 saturated carbocycles. The highest BCUT2D eigenvalue weighted by Gasteiger charge is 2.29. The molecule has 0 bridgehead atoms. The monoisotopic (exact) mass is 387 g/mol. The van der Waals surface area contributed by atoms with Gasteiger partial charge in [-0.2, -0.15) is 11.8 Å². The van der Waals surface area contributed by atoms with Gasteiger partial charge in [-0.1, -0.05) is 42.5 Å². The molecular weight excluding hydrogens is 366 g/mol. The number of fused-ring (bicyclic) bond motifs is 1. The first-order valence-corrected chi connectivity index (χ1v) is 9.81. The van der Waals surface area contributed by atoms with Crippen molar-refractivity contribution in [2.75, 3.05) is 25.5 Å². The lowest BCUT2D eigenvalue weighted by Gasteiger charge is -2.24. The Morgan fingerprint density at radius 3 is 2.63 bits per heavy atom. The zero-order valence-corrected chi connectivity index (χ0v) is 15.6. The van der Waals surface area contributed by atoms with Gasteiger partial charge in [-0.3, -0.25) is 4.79 Å². The Hall–Kier alpha value is -2.67. The van der Waals surface area contributed by atoms with Gasteiger partial charge in [0.05, 0.1) is 0 Å². The Morgan fingerprint density at radius 2 is 1.81 bits per heavy atom. The molecule has 0 unspecified atom stereocenters. The third-order valence-electron chi connectivity index (χ3n) is 3.80. The van der Waals surface area contributed by atoms with E-state index < -0.39 is 12.1 Å². The van der Waals surface area contributed by atoms with Gasteiger partial charge in [0.15, 0.2) is 18.1 Å². The fraction of sp³-hybridized carbons (Fsp3) is 0.300. The molecule has 7 heteroatoms. The second kappa shape index (κ2) is 9.87. The van der Waals surface area contributed by atoms with Gasteiger partial charge in [-0.15, -0.1) is 0 Å². The highest BCUT2D eigenvalue weighted by atomic mass is 32.2. The summed E-state index contributed by atoms with van der Waals surface area (Å²) in [6.45, 7) is 0.252. The molecule has 1 heterocycles. The Bertz CT molecular complexity index is 768. The molecule has 1 atom stereocenters. The highest BCUT2D eigenvalue weighted by molar-refractivity contribution is 7.98. The molecule has 1 aliphatic heterocycles. The van der Waals surface area contributed by atoms with Crippen molar-refractivity contribution in [3.63, 3.8) is 0 Å². The maximum absolute atomic E-state index is 12.0. The molecule has 142 valence electrons. The summed E-state index contributed by atoms with van der Waals surface area (Å²) in [4.78, 5) is 23.8. The fourth-order valence-corrected chi connectivity index (χ4v) is 3.26. The second-order valence-electron chi connectivity index (χ2n) is 5.86. The van der Waals surface area contributed by atoms with E-state index in [4.69, 9.17) is 14.2 Å². The van der Waals surface area contributed by atoms with Crippen LogP contribution in [0, 0.1) is 0 Å². The molecule has 27 heavy (non-hydrogen) atoms. The summed E-state index contributed by atoms with van der Waals surface area (Å²) >= 11 is 1.73. The van der Waals surface area contributed by atoms with Crippen molar-refractivity contribution < 1.29 is 23.8 Å².